The number of Topliss-reactive ketones (excluding diaryl/α,β-unsaturated/α-hetero) is 1. The smallest absolute Gasteiger partial charge is 0.232 e. The highest BCUT2D eigenvalue weighted by atomic mass is 32.1. The summed E-state index contributed by atoms with van der Waals surface area (Å²) in [6.07, 6.45) is 1.87. The van der Waals surface area contributed by atoms with Gasteiger partial charge in [0, 0.05) is 24.4 Å². The molecule has 90 valence electrons. The highest BCUT2D eigenvalue weighted by molar-refractivity contribution is 7.81. The first-order chi connectivity index (χ1) is 7.99. The maximum Gasteiger partial charge on any atom is 0.232 e. The van der Waals surface area contributed by atoms with Crippen LogP contribution in [0.25, 0.3) is 0 Å². The van der Waals surface area contributed by atoms with Gasteiger partial charge < -0.3 is 0 Å². The molecule has 1 aliphatic heterocycles. The van der Waals surface area contributed by atoms with E-state index in [0.29, 0.717) is 30.2 Å². The van der Waals surface area contributed by atoms with Gasteiger partial charge in [-0.05, 0) is 13.8 Å². The molecule has 0 saturated carbocycles. The van der Waals surface area contributed by atoms with Gasteiger partial charge in [0.15, 0.2) is 5.78 Å². The summed E-state index contributed by atoms with van der Waals surface area (Å²) in [6.45, 7) is 3.72. The quantitative estimate of drug-likeness (QED) is 0.629. The van der Waals surface area contributed by atoms with E-state index in [0.717, 1.165) is 0 Å². The van der Waals surface area contributed by atoms with Gasteiger partial charge >= 0.3 is 0 Å². The van der Waals surface area contributed by atoms with Crippen LogP contribution in [0.3, 0.4) is 0 Å². The monoisotopic (exact) mass is 251 g/mol. The van der Waals surface area contributed by atoms with Crippen LogP contribution >= 0.6 is 12.6 Å². The lowest BCUT2D eigenvalue weighted by Gasteiger charge is -2.14. The van der Waals surface area contributed by atoms with Crippen molar-refractivity contribution < 1.29 is 9.59 Å². The van der Waals surface area contributed by atoms with Gasteiger partial charge in [0.1, 0.15) is 0 Å². The number of aromatic nitrogens is 2. The molecule has 0 aromatic carbocycles. The Morgan fingerprint density at radius 3 is 2.76 bits per heavy atom. The van der Waals surface area contributed by atoms with Crippen molar-refractivity contribution in [2.75, 3.05) is 11.4 Å². The summed E-state index contributed by atoms with van der Waals surface area (Å²) >= 11 is 4.27. The second-order valence-corrected chi connectivity index (χ2v) is 4.82. The number of nitrogens with zero attached hydrogens (tertiary/aromatic N) is 3. The minimum atomic E-state index is -0.0751. The average Bonchev–Trinajstić information content (AvgIpc) is 2.57. The highest BCUT2D eigenvalue weighted by Crippen LogP contribution is 2.21. The van der Waals surface area contributed by atoms with E-state index in [1.165, 1.54) is 18.0 Å². The molecular formula is C11H13N3O2S. The number of hydrogen-bond acceptors (Lipinski definition) is 5. The third-order valence-electron chi connectivity index (χ3n) is 2.69. The zero-order chi connectivity index (χ0) is 12.6. The van der Waals surface area contributed by atoms with Gasteiger partial charge in [-0.25, -0.2) is 9.97 Å². The molecule has 17 heavy (non-hydrogen) atoms. The number of thiol groups is 1. The minimum Gasteiger partial charge on any atom is -0.294 e. The zero-order valence-electron chi connectivity index (χ0n) is 9.67. The molecular weight excluding hydrogens is 238 g/mol. The summed E-state index contributed by atoms with van der Waals surface area (Å²) in [5.74, 6) is 0.253. The van der Waals surface area contributed by atoms with Gasteiger partial charge in [-0.1, -0.05) is 0 Å². The van der Waals surface area contributed by atoms with Crippen molar-refractivity contribution in [3.8, 4) is 0 Å². The molecule has 0 bridgehead atoms. The van der Waals surface area contributed by atoms with E-state index in [2.05, 4.69) is 22.6 Å². The number of amides is 1. The molecule has 1 unspecified atom stereocenters. The second kappa shape index (κ2) is 4.44. The molecule has 2 rings (SSSR count). The average molecular weight is 251 g/mol. The number of hydrogen-bond donors (Lipinski definition) is 1. The number of aryl methyl sites for hydroxylation is 1. The fourth-order valence-electron chi connectivity index (χ4n) is 1.81. The molecule has 0 aliphatic carbocycles. The Bertz CT molecular complexity index is 490. The molecule has 1 aliphatic rings. The molecule has 0 spiro atoms. The maximum absolute atomic E-state index is 11.6. The van der Waals surface area contributed by atoms with E-state index in [1.54, 1.807) is 6.92 Å². The summed E-state index contributed by atoms with van der Waals surface area (Å²) in [5.41, 5.74) is 1.08. The molecule has 1 aromatic rings. The van der Waals surface area contributed by atoms with Crippen LogP contribution in [0.5, 0.6) is 0 Å². The third-order valence-corrected chi connectivity index (χ3v) is 3.04. The van der Waals surface area contributed by atoms with Crippen molar-refractivity contribution in [1.29, 1.82) is 0 Å². The lowest BCUT2D eigenvalue weighted by molar-refractivity contribution is -0.117. The van der Waals surface area contributed by atoms with Gasteiger partial charge in [-0.2, -0.15) is 12.6 Å². The Balaban J connectivity index is 2.32. The van der Waals surface area contributed by atoms with Crippen molar-refractivity contribution >= 4 is 30.3 Å². The number of carbonyl (C=O) groups is 2. The topological polar surface area (TPSA) is 63.2 Å². The summed E-state index contributed by atoms with van der Waals surface area (Å²) in [7, 11) is 0. The van der Waals surface area contributed by atoms with Gasteiger partial charge in [0.05, 0.1) is 11.3 Å². The Morgan fingerprint density at radius 2 is 2.29 bits per heavy atom. The van der Waals surface area contributed by atoms with Crippen molar-refractivity contribution in [3.05, 3.63) is 17.5 Å². The molecule has 5 nitrogen and oxygen atoms in total. The SMILES string of the molecule is CC(=O)c1cnc(N2CC(S)CC2=O)nc1C. The Morgan fingerprint density at radius 1 is 1.59 bits per heavy atom. The van der Waals surface area contributed by atoms with Crippen LogP contribution in [0.1, 0.15) is 29.4 Å². The van der Waals surface area contributed by atoms with Crippen LogP contribution in [0.15, 0.2) is 6.20 Å². The largest absolute Gasteiger partial charge is 0.294 e. The van der Waals surface area contributed by atoms with Gasteiger partial charge in [-0.3, -0.25) is 14.5 Å². The first kappa shape index (κ1) is 12.0. The standard InChI is InChI=1S/C11H13N3O2S/c1-6-9(7(2)15)4-12-11(13-6)14-5-8(17)3-10(14)16/h4,8,17H,3,5H2,1-2H3. The fraction of sp³-hybridized carbons (Fsp3) is 0.455. The molecule has 0 radical (unpaired) electrons. The molecule has 1 saturated heterocycles. The maximum atomic E-state index is 11.6. The van der Waals surface area contributed by atoms with Gasteiger partial charge in [0.2, 0.25) is 11.9 Å². The van der Waals surface area contributed by atoms with Crippen LogP contribution < -0.4 is 4.90 Å². The lowest BCUT2D eigenvalue weighted by Crippen LogP contribution is -2.27. The van der Waals surface area contributed by atoms with Crippen LogP contribution in [0, 0.1) is 6.92 Å². The van der Waals surface area contributed by atoms with Crippen LogP contribution in [-0.4, -0.2) is 33.5 Å². The third kappa shape index (κ3) is 2.31. The first-order valence-corrected chi connectivity index (χ1v) is 5.83. The van der Waals surface area contributed by atoms with Crippen molar-refractivity contribution in [1.82, 2.24) is 9.97 Å². The molecule has 1 aromatic heterocycles. The van der Waals surface area contributed by atoms with Gasteiger partial charge in [0.25, 0.3) is 0 Å². The van der Waals surface area contributed by atoms with E-state index >= 15 is 0 Å². The van der Waals surface area contributed by atoms with Crippen LogP contribution in [0.2, 0.25) is 0 Å². The Hall–Kier alpha value is -1.43. The number of anilines is 1. The van der Waals surface area contributed by atoms with Gasteiger partial charge in [-0.15, -0.1) is 0 Å². The summed E-state index contributed by atoms with van der Waals surface area (Å²) in [5, 5.41) is 0.0267. The lowest BCUT2D eigenvalue weighted by atomic mass is 10.2. The molecule has 2 heterocycles. The normalized spacial score (nSPS) is 19.8. The van der Waals surface area contributed by atoms with Crippen LogP contribution in [-0.2, 0) is 4.79 Å². The number of ketones is 1. The summed E-state index contributed by atoms with van der Waals surface area (Å²) in [6, 6.07) is 0. The predicted octanol–water partition coefficient (Wildman–Crippen LogP) is 1.02. The van der Waals surface area contributed by atoms with E-state index in [9.17, 15) is 9.59 Å². The molecule has 6 heteroatoms. The zero-order valence-corrected chi connectivity index (χ0v) is 10.6. The number of carbonyl (C=O) groups excluding carboxylic acids is 2. The second-order valence-electron chi connectivity index (χ2n) is 4.09. The van der Waals surface area contributed by atoms with E-state index < -0.39 is 0 Å². The molecule has 1 fully saturated rings. The van der Waals surface area contributed by atoms with E-state index in [4.69, 9.17) is 0 Å². The van der Waals surface area contributed by atoms with Crippen molar-refractivity contribution in [3.63, 3.8) is 0 Å². The highest BCUT2D eigenvalue weighted by Gasteiger charge is 2.30. The Kier molecular flexibility index (Phi) is 3.15. The molecule has 1 amide bonds. The number of rotatable bonds is 2. The van der Waals surface area contributed by atoms with E-state index in [-0.39, 0.29) is 16.9 Å². The summed E-state index contributed by atoms with van der Waals surface area (Å²) in [4.78, 5) is 32.7. The molecule has 1 atom stereocenters. The van der Waals surface area contributed by atoms with E-state index in [1.807, 2.05) is 0 Å². The van der Waals surface area contributed by atoms with Crippen molar-refractivity contribution in [2.24, 2.45) is 0 Å². The summed E-state index contributed by atoms with van der Waals surface area (Å²) < 4.78 is 0. The van der Waals surface area contributed by atoms with Crippen LogP contribution in [0.4, 0.5) is 5.95 Å². The molecule has 0 N–H and O–H groups in total. The minimum absolute atomic E-state index is 0.0267. The fourth-order valence-corrected chi connectivity index (χ4v) is 2.13. The van der Waals surface area contributed by atoms with Crippen molar-refractivity contribution in [2.45, 2.75) is 25.5 Å². The predicted molar refractivity (Wildman–Crippen MR) is 66.5 cm³/mol. The first-order valence-electron chi connectivity index (χ1n) is 5.32. The Labute approximate surface area is 105 Å².